The van der Waals surface area contributed by atoms with Gasteiger partial charge in [-0.05, 0) is 60.2 Å². The Kier molecular flexibility index (Phi) is 7.03. The Morgan fingerprint density at radius 2 is 1.56 bits per heavy atom. The number of amides is 1. The second-order valence-electron chi connectivity index (χ2n) is 7.68. The molecule has 0 aromatic heterocycles. The monoisotopic (exact) mass is 441 g/mol. The Labute approximate surface area is 192 Å². The maximum atomic E-state index is 13.9. The Hall–Kier alpha value is -3.37. The summed E-state index contributed by atoms with van der Waals surface area (Å²) in [7, 11) is 0. The van der Waals surface area contributed by atoms with Crippen LogP contribution < -0.4 is 5.32 Å². The molecule has 0 saturated heterocycles. The molecule has 0 unspecified atom stereocenters. The molecule has 1 N–H and O–H groups in total. The van der Waals surface area contributed by atoms with Gasteiger partial charge >= 0.3 is 0 Å². The van der Waals surface area contributed by atoms with Crippen molar-refractivity contribution in [1.29, 1.82) is 0 Å². The average Bonchev–Trinajstić information content (AvgIpc) is 2.84. The van der Waals surface area contributed by atoms with E-state index >= 15 is 0 Å². The second kappa shape index (κ2) is 10.3. The molecule has 0 fully saturated rings. The number of aryl methyl sites for hydroxylation is 2. The normalized spacial score (nSPS) is 18.2. The van der Waals surface area contributed by atoms with Crippen LogP contribution in [-0.4, -0.2) is 5.91 Å². The van der Waals surface area contributed by atoms with E-state index in [1.807, 2.05) is 36.4 Å². The highest BCUT2D eigenvalue weighted by Crippen LogP contribution is 2.31. The first kappa shape index (κ1) is 21.8. The standard InChI is InChI=1S/C28H24FNOS/c1-20-6-5-9-25(29)19-32-27-17-14-22(18-26(27)30-28(20)31)11-10-21-12-15-24(16-13-21)23-7-3-2-4-8-23/h2-9,12-19H,10-11H2,1H3,(H,30,31)/b9-5-,20-6+,25-19-. The molecule has 32 heavy (non-hydrogen) atoms. The number of carbonyl (C=O) groups excluding carboxylic acids is 1. The number of halogens is 1. The molecular formula is C28H24FNOS. The van der Waals surface area contributed by atoms with Crippen molar-refractivity contribution < 1.29 is 9.18 Å². The van der Waals surface area contributed by atoms with E-state index in [1.54, 1.807) is 19.1 Å². The van der Waals surface area contributed by atoms with Crippen molar-refractivity contribution >= 4 is 23.4 Å². The maximum Gasteiger partial charge on any atom is 0.251 e. The molecule has 4 rings (SSSR count). The average molecular weight is 442 g/mol. The van der Waals surface area contributed by atoms with E-state index in [9.17, 15) is 9.18 Å². The minimum Gasteiger partial charge on any atom is -0.321 e. The van der Waals surface area contributed by atoms with Crippen molar-refractivity contribution in [3.63, 3.8) is 0 Å². The Morgan fingerprint density at radius 3 is 2.34 bits per heavy atom. The Balaban J connectivity index is 1.49. The molecule has 0 bridgehead atoms. The quantitative estimate of drug-likeness (QED) is 0.454. The SMILES string of the molecule is C\C1=C/C=C\C(F)=C\Sc2ccc(CCc3ccc(-c4ccccc4)cc3)cc2NC1=O. The van der Waals surface area contributed by atoms with Gasteiger partial charge in [-0.2, -0.15) is 0 Å². The molecule has 160 valence electrons. The lowest BCUT2D eigenvalue weighted by molar-refractivity contribution is -0.112. The van der Waals surface area contributed by atoms with Crippen LogP contribution in [0.5, 0.6) is 0 Å². The van der Waals surface area contributed by atoms with Crippen LogP contribution in [0.15, 0.2) is 113 Å². The largest absolute Gasteiger partial charge is 0.321 e. The van der Waals surface area contributed by atoms with Crippen molar-refractivity contribution in [2.45, 2.75) is 24.7 Å². The van der Waals surface area contributed by atoms with Crippen LogP contribution in [0, 0.1) is 0 Å². The molecule has 1 heterocycles. The number of allylic oxidation sites excluding steroid dienone is 4. The van der Waals surface area contributed by atoms with Crippen LogP contribution in [-0.2, 0) is 17.6 Å². The molecule has 1 aliphatic heterocycles. The van der Waals surface area contributed by atoms with Gasteiger partial charge in [0.05, 0.1) is 5.69 Å². The fourth-order valence-electron chi connectivity index (χ4n) is 3.46. The zero-order valence-corrected chi connectivity index (χ0v) is 18.7. The van der Waals surface area contributed by atoms with E-state index < -0.39 is 0 Å². The van der Waals surface area contributed by atoms with E-state index in [0.717, 1.165) is 23.3 Å². The van der Waals surface area contributed by atoms with Gasteiger partial charge in [-0.15, -0.1) is 0 Å². The summed E-state index contributed by atoms with van der Waals surface area (Å²) in [6.07, 6.45) is 6.25. The third-order valence-electron chi connectivity index (χ3n) is 5.31. The van der Waals surface area contributed by atoms with E-state index in [2.05, 4.69) is 41.7 Å². The number of carbonyl (C=O) groups is 1. The number of fused-ring (bicyclic) bond motifs is 1. The lowest BCUT2D eigenvalue weighted by Gasteiger charge is -2.12. The van der Waals surface area contributed by atoms with Crippen LogP contribution in [0.3, 0.4) is 0 Å². The van der Waals surface area contributed by atoms with Crippen LogP contribution in [0.4, 0.5) is 10.1 Å². The smallest absolute Gasteiger partial charge is 0.251 e. The molecule has 0 aliphatic carbocycles. The van der Waals surface area contributed by atoms with E-state index in [0.29, 0.717) is 11.3 Å². The zero-order valence-electron chi connectivity index (χ0n) is 17.8. The minimum atomic E-state index is -0.345. The predicted octanol–water partition coefficient (Wildman–Crippen LogP) is 7.50. The number of hydrogen-bond acceptors (Lipinski definition) is 2. The summed E-state index contributed by atoms with van der Waals surface area (Å²) >= 11 is 1.26. The van der Waals surface area contributed by atoms with Gasteiger partial charge in [0.15, 0.2) is 0 Å². The maximum absolute atomic E-state index is 13.9. The van der Waals surface area contributed by atoms with Crippen molar-refractivity contribution in [3.05, 3.63) is 119 Å². The molecule has 0 saturated carbocycles. The highest BCUT2D eigenvalue weighted by Gasteiger charge is 2.11. The summed E-state index contributed by atoms with van der Waals surface area (Å²) < 4.78 is 13.9. The van der Waals surface area contributed by atoms with Crippen LogP contribution in [0.25, 0.3) is 11.1 Å². The van der Waals surface area contributed by atoms with Gasteiger partial charge in [-0.25, -0.2) is 4.39 Å². The predicted molar refractivity (Wildman–Crippen MR) is 132 cm³/mol. The number of benzene rings is 3. The Morgan fingerprint density at radius 1 is 0.875 bits per heavy atom. The summed E-state index contributed by atoms with van der Waals surface area (Å²) in [6.45, 7) is 1.72. The molecule has 0 spiro atoms. The van der Waals surface area contributed by atoms with Gasteiger partial charge in [0.1, 0.15) is 5.83 Å². The zero-order chi connectivity index (χ0) is 22.3. The summed E-state index contributed by atoms with van der Waals surface area (Å²) in [5.41, 5.74) is 6.02. The molecule has 4 heteroatoms. The van der Waals surface area contributed by atoms with E-state index in [-0.39, 0.29) is 11.7 Å². The fourth-order valence-corrected chi connectivity index (χ4v) is 4.16. The van der Waals surface area contributed by atoms with Gasteiger partial charge in [0, 0.05) is 15.9 Å². The third-order valence-corrected chi connectivity index (χ3v) is 6.27. The number of hydrogen-bond donors (Lipinski definition) is 1. The molecule has 3 aromatic carbocycles. The van der Waals surface area contributed by atoms with E-state index in [4.69, 9.17) is 0 Å². The van der Waals surface area contributed by atoms with Gasteiger partial charge in [0.25, 0.3) is 5.91 Å². The number of nitrogens with one attached hydrogen (secondary N) is 1. The topological polar surface area (TPSA) is 29.1 Å². The summed E-state index contributed by atoms with van der Waals surface area (Å²) in [6, 6.07) is 24.9. The second-order valence-corrected chi connectivity index (χ2v) is 8.59. The van der Waals surface area contributed by atoms with E-state index in [1.165, 1.54) is 39.9 Å². The highest BCUT2D eigenvalue weighted by molar-refractivity contribution is 8.02. The van der Waals surface area contributed by atoms with Crippen LogP contribution in [0.2, 0.25) is 0 Å². The van der Waals surface area contributed by atoms with Crippen molar-refractivity contribution in [1.82, 2.24) is 0 Å². The summed E-state index contributed by atoms with van der Waals surface area (Å²) in [5, 5.41) is 4.42. The van der Waals surface area contributed by atoms with Gasteiger partial charge in [-0.1, -0.05) is 84.6 Å². The summed E-state index contributed by atoms with van der Waals surface area (Å²) in [5.74, 6) is -0.533. The molecule has 0 radical (unpaired) electrons. The first-order valence-electron chi connectivity index (χ1n) is 10.5. The number of anilines is 1. The number of rotatable bonds is 4. The molecule has 0 atom stereocenters. The van der Waals surface area contributed by atoms with Gasteiger partial charge in [0.2, 0.25) is 0 Å². The third kappa shape index (κ3) is 5.65. The molecule has 2 nitrogen and oxygen atoms in total. The minimum absolute atomic E-state index is 0.188. The van der Waals surface area contributed by atoms with Crippen molar-refractivity contribution in [2.24, 2.45) is 0 Å². The highest BCUT2D eigenvalue weighted by atomic mass is 32.2. The Bertz CT molecular complexity index is 1190. The number of thioether (sulfide) groups is 1. The van der Waals surface area contributed by atoms with Crippen molar-refractivity contribution in [3.8, 4) is 11.1 Å². The first-order chi connectivity index (χ1) is 15.6. The van der Waals surface area contributed by atoms with Gasteiger partial charge < -0.3 is 5.32 Å². The molecular weight excluding hydrogens is 417 g/mol. The molecule has 1 aliphatic rings. The molecule has 1 amide bonds. The molecule has 3 aromatic rings. The van der Waals surface area contributed by atoms with Gasteiger partial charge in [-0.3, -0.25) is 4.79 Å². The van der Waals surface area contributed by atoms with Crippen LogP contribution >= 0.6 is 11.8 Å². The van der Waals surface area contributed by atoms with Crippen LogP contribution in [0.1, 0.15) is 18.1 Å². The lowest BCUT2D eigenvalue weighted by Crippen LogP contribution is -2.13. The first-order valence-corrected chi connectivity index (χ1v) is 11.4. The summed E-state index contributed by atoms with van der Waals surface area (Å²) in [4.78, 5) is 13.3. The van der Waals surface area contributed by atoms with Crippen molar-refractivity contribution in [2.75, 3.05) is 5.32 Å². The fraction of sp³-hybridized carbons (Fsp3) is 0.107. The lowest BCUT2D eigenvalue weighted by atomic mass is 10.00.